The summed E-state index contributed by atoms with van der Waals surface area (Å²) < 4.78 is 3.05. The third-order valence-electron chi connectivity index (χ3n) is 2.05. The van der Waals surface area contributed by atoms with Crippen LogP contribution >= 0.6 is 47.8 Å². The van der Waals surface area contributed by atoms with Gasteiger partial charge in [0.15, 0.2) is 0 Å². The maximum Gasteiger partial charge on any atom is 0.0402 e. The smallest absolute Gasteiger partial charge is 0.0402 e. The number of benzene rings is 2. The van der Waals surface area contributed by atoms with E-state index in [1.807, 2.05) is 30.3 Å². The minimum atomic E-state index is 0.941. The van der Waals surface area contributed by atoms with Crippen molar-refractivity contribution in [3.05, 3.63) is 55.9 Å². The second kappa shape index (κ2) is 4.81. The standard InChI is InChI=1S/C12H6Br3/c13-10-6-2-1-4-8(10)9-5-3-7-11(14)12(9)15/h1-6H. The molecule has 0 unspecified atom stereocenters. The van der Waals surface area contributed by atoms with Gasteiger partial charge < -0.3 is 0 Å². The number of hydrogen-bond donors (Lipinski definition) is 0. The highest BCUT2D eigenvalue weighted by Gasteiger charge is 2.08. The molecule has 0 aromatic heterocycles. The highest BCUT2D eigenvalue weighted by atomic mass is 79.9. The predicted molar refractivity (Wildman–Crippen MR) is 73.8 cm³/mol. The molecule has 15 heavy (non-hydrogen) atoms. The second-order valence-corrected chi connectivity index (χ2v) is 5.44. The van der Waals surface area contributed by atoms with Crippen molar-refractivity contribution < 1.29 is 0 Å². The summed E-state index contributed by atoms with van der Waals surface area (Å²) in [4.78, 5) is 0. The van der Waals surface area contributed by atoms with Gasteiger partial charge in [-0.05, 0) is 55.1 Å². The average molecular weight is 390 g/mol. The average Bonchev–Trinajstić information content (AvgIpc) is 2.23. The van der Waals surface area contributed by atoms with Crippen molar-refractivity contribution >= 4 is 47.8 Å². The van der Waals surface area contributed by atoms with Crippen molar-refractivity contribution in [2.24, 2.45) is 0 Å². The highest BCUT2D eigenvalue weighted by Crippen LogP contribution is 2.36. The first-order valence-corrected chi connectivity index (χ1v) is 6.68. The number of halogens is 3. The third-order valence-corrected chi connectivity index (χ3v) is 4.73. The largest absolute Gasteiger partial charge is 0.0616 e. The first kappa shape index (κ1) is 11.4. The number of rotatable bonds is 1. The Morgan fingerprint density at radius 3 is 2.33 bits per heavy atom. The van der Waals surface area contributed by atoms with E-state index >= 15 is 0 Å². The van der Waals surface area contributed by atoms with Crippen LogP contribution in [0.2, 0.25) is 0 Å². The molecule has 0 amide bonds. The highest BCUT2D eigenvalue weighted by molar-refractivity contribution is 9.13. The van der Waals surface area contributed by atoms with Gasteiger partial charge in [0.05, 0.1) is 0 Å². The van der Waals surface area contributed by atoms with Crippen molar-refractivity contribution in [3.8, 4) is 11.1 Å². The molecule has 3 heteroatoms. The van der Waals surface area contributed by atoms with Crippen LogP contribution in [-0.4, -0.2) is 0 Å². The van der Waals surface area contributed by atoms with Crippen molar-refractivity contribution in [1.29, 1.82) is 0 Å². The van der Waals surface area contributed by atoms with Gasteiger partial charge in [0.1, 0.15) is 0 Å². The van der Waals surface area contributed by atoms with E-state index in [1.165, 1.54) is 5.56 Å². The molecule has 0 atom stereocenters. The van der Waals surface area contributed by atoms with Gasteiger partial charge in [-0.3, -0.25) is 0 Å². The summed E-state index contributed by atoms with van der Waals surface area (Å²) >= 11 is 10.5. The Morgan fingerprint density at radius 2 is 1.60 bits per heavy atom. The summed E-state index contributed by atoms with van der Waals surface area (Å²) in [6.07, 6.45) is 0. The third kappa shape index (κ3) is 2.35. The summed E-state index contributed by atoms with van der Waals surface area (Å²) in [7, 11) is 0. The van der Waals surface area contributed by atoms with Gasteiger partial charge in [0.2, 0.25) is 0 Å². The van der Waals surface area contributed by atoms with E-state index < -0.39 is 0 Å². The molecule has 0 heterocycles. The molecule has 0 spiro atoms. The normalized spacial score (nSPS) is 10.3. The molecule has 1 radical (unpaired) electrons. The fourth-order valence-electron chi connectivity index (χ4n) is 1.34. The van der Waals surface area contributed by atoms with Crippen molar-refractivity contribution in [1.82, 2.24) is 0 Å². The van der Waals surface area contributed by atoms with Gasteiger partial charge in [-0.1, -0.05) is 46.3 Å². The van der Waals surface area contributed by atoms with Crippen LogP contribution in [0.5, 0.6) is 0 Å². The van der Waals surface area contributed by atoms with Gasteiger partial charge in [-0.25, -0.2) is 0 Å². The van der Waals surface area contributed by atoms with Crippen LogP contribution in [0.4, 0.5) is 0 Å². The molecule has 0 aliphatic heterocycles. The van der Waals surface area contributed by atoms with Crippen molar-refractivity contribution in [2.45, 2.75) is 0 Å². The Balaban J connectivity index is 2.65. The van der Waals surface area contributed by atoms with Crippen LogP contribution in [-0.2, 0) is 0 Å². The second-order valence-electron chi connectivity index (χ2n) is 3.00. The van der Waals surface area contributed by atoms with Crippen LogP contribution in [0, 0.1) is 6.07 Å². The number of hydrogen-bond acceptors (Lipinski definition) is 0. The Morgan fingerprint density at radius 1 is 0.867 bits per heavy atom. The van der Waals surface area contributed by atoms with Gasteiger partial charge in [0, 0.05) is 13.4 Å². The molecule has 2 rings (SSSR count). The van der Waals surface area contributed by atoms with Gasteiger partial charge in [0.25, 0.3) is 0 Å². The van der Waals surface area contributed by atoms with Crippen LogP contribution in [0.15, 0.2) is 49.8 Å². The molecule has 0 bridgehead atoms. The summed E-state index contributed by atoms with van der Waals surface area (Å²) in [6, 6.07) is 15.2. The van der Waals surface area contributed by atoms with E-state index in [0.717, 1.165) is 19.0 Å². The molecule has 0 saturated carbocycles. The zero-order chi connectivity index (χ0) is 10.8. The van der Waals surface area contributed by atoms with E-state index in [-0.39, 0.29) is 0 Å². The summed E-state index contributed by atoms with van der Waals surface area (Å²) in [5, 5.41) is 0. The maximum atomic E-state index is 3.55. The lowest BCUT2D eigenvalue weighted by atomic mass is 10.1. The monoisotopic (exact) mass is 387 g/mol. The lowest BCUT2D eigenvalue weighted by Gasteiger charge is -2.07. The van der Waals surface area contributed by atoms with Crippen LogP contribution in [0.3, 0.4) is 0 Å². The molecule has 0 fully saturated rings. The summed E-state index contributed by atoms with van der Waals surface area (Å²) in [5.74, 6) is 0. The van der Waals surface area contributed by atoms with E-state index in [0.29, 0.717) is 0 Å². The Bertz CT molecular complexity index is 492. The minimum Gasteiger partial charge on any atom is -0.0616 e. The van der Waals surface area contributed by atoms with E-state index in [4.69, 9.17) is 0 Å². The molecule has 0 aliphatic carbocycles. The molecule has 0 N–H and O–H groups in total. The van der Waals surface area contributed by atoms with Gasteiger partial charge in [-0.2, -0.15) is 0 Å². The van der Waals surface area contributed by atoms with Crippen molar-refractivity contribution in [3.63, 3.8) is 0 Å². The summed E-state index contributed by atoms with van der Waals surface area (Å²) in [6.45, 7) is 0. The Hall–Kier alpha value is -0.120. The topological polar surface area (TPSA) is 0 Å². The van der Waals surface area contributed by atoms with E-state index in [1.54, 1.807) is 0 Å². The van der Waals surface area contributed by atoms with Crippen LogP contribution < -0.4 is 0 Å². The lowest BCUT2D eigenvalue weighted by molar-refractivity contribution is 1.52. The van der Waals surface area contributed by atoms with E-state index in [9.17, 15) is 0 Å². The quantitative estimate of drug-likeness (QED) is 0.609. The lowest BCUT2D eigenvalue weighted by Crippen LogP contribution is -1.82. The molecule has 0 saturated heterocycles. The minimum absolute atomic E-state index is 0.941. The van der Waals surface area contributed by atoms with Crippen LogP contribution in [0.1, 0.15) is 0 Å². The molecule has 2 aromatic carbocycles. The molecule has 0 nitrogen and oxygen atoms in total. The fourth-order valence-corrected chi connectivity index (χ4v) is 2.64. The molecule has 2 aromatic rings. The van der Waals surface area contributed by atoms with Crippen molar-refractivity contribution in [2.75, 3.05) is 0 Å². The maximum absolute atomic E-state index is 3.55. The molecular weight excluding hydrogens is 384 g/mol. The van der Waals surface area contributed by atoms with Gasteiger partial charge >= 0.3 is 0 Å². The van der Waals surface area contributed by atoms with E-state index in [2.05, 4.69) is 59.9 Å². The molecule has 75 valence electrons. The molecular formula is C12H6Br3. The first-order valence-electron chi connectivity index (χ1n) is 4.30. The predicted octanol–water partition coefficient (Wildman–Crippen LogP) is 5.44. The zero-order valence-electron chi connectivity index (χ0n) is 7.60. The Kier molecular flexibility index (Phi) is 3.65. The molecule has 0 aliphatic rings. The SMILES string of the molecule is Brc1[c]ccc(-c2ccccc2Br)c1Br. The Labute approximate surface area is 114 Å². The first-order chi connectivity index (χ1) is 7.20. The van der Waals surface area contributed by atoms with Crippen LogP contribution in [0.25, 0.3) is 11.1 Å². The summed E-state index contributed by atoms with van der Waals surface area (Å²) in [5.41, 5.74) is 2.31. The van der Waals surface area contributed by atoms with Gasteiger partial charge in [-0.15, -0.1) is 0 Å². The zero-order valence-corrected chi connectivity index (χ0v) is 12.4. The fraction of sp³-hybridized carbons (Fsp3) is 0.